The maximum absolute atomic E-state index is 9.06. The van der Waals surface area contributed by atoms with Crippen LogP contribution >= 0.6 is 7.23 Å². The van der Waals surface area contributed by atoms with Crippen LogP contribution in [0.25, 0.3) is 0 Å². The van der Waals surface area contributed by atoms with Crippen LogP contribution in [0, 0.1) is 0 Å². The van der Waals surface area contributed by atoms with Gasteiger partial charge < -0.3 is 0 Å². The van der Waals surface area contributed by atoms with Gasteiger partial charge in [0, 0.05) is 0 Å². The standard InChI is InChI=1S/BOPS/c2-1-3-4. The monoisotopic (exact) mass is 90.0 g/mol. The van der Waals surface area contributed by atoms with Gasteiger partial charge in [-0.25, -0.2) is 0 Å². The molecule has 4 heteroatoms. The van der Waals surface area contributed by atoms with Gasteiger partial charge in [0.15, 0.2) is 0 Å². The van der Waals surface area contributed by atoms with Crippen molar-refractivity contribution < 1.29 is 4.70 Å². The van der Waals surface area contributed by atoms with Gasteiger partial charge in [-0.3, -0.25) is 0 Å². The zero-order valence-electron chi connectivity index (χ0n) is 1.84. The van der Waals surface area contributed by atoms with Crippen molar-refractivity contribution in [2.24, 2.45) is 0 Å². The average molecular weight is 89.9 g/mol. The van der Waals surface area contributed by atoms with Crippen molar-refractivity contribution in [1.29, 1.82) is 0 Å². The van der Waals surface area contributed by atoms with Crippen molar-refractivity contribution in [1.82, 2.24) is 0 Å². The minimum absolute atomic E-state index is 0.401. The van der Waals surface area contributed by atoms with E-state index in [4.69, 9.17) is 4.70 Å². The van der Waals surface area contributed by atoms with Crippen molar-refractivity contribution in [2.45, 2.75) is 0 Å². The molecule has 4 heavy (non-hydrogen) atoms. The molecule has 0 aliphatic rings. The summed E-state index contributed by atoms with van der Waals surface area (Å²) in [5.41, 5.74) is 0. The van der Waals surface area contributed by atoms with Crippen LogP contribution < -0.4 is 0 Å². The molecule has 0 radical (unpaired) electrons. The molecule has 0 spiro atoms. The van der Waals surface area contributed by atoms with Crippen LogP contribution in [0.5, 0.6) is 0 Å². The topological polar surface area (TPSA) is 17.1 Å². The van der Waals surface area contributed by atoms with Crippen LogP contribution in [0.1, 0.15) is 0 Å². The first-order valence-electron chi connectivity index (χ1n) is 0.676. The van der Waals surface area contributed by atoms with Gasteiger partial charge in [0.2, 0.25) is 0 Å². The normalized spacial score (nSPS) is 6.00. The zero-order chi connectivity index (χ0) is 3.41. The summed E-state index contributed by atoms with van der Waals surface area (Å²) in [4.78, 5) is 0. The Hall–Kier alpha value is 0.385. The number of hydrogen-bond acceptors (Lipinski definition) is 2. The summed E-state index contributed by atoms with van der Waals surface area (Å²) in [7, 11) is 0.401. The summed E-state index contributed by atoms with van der Waals surface area (Å²) >= 11 is 4.16. The average Bonchev–Trinajstić information content (AvgIpc) is 1.37. The Kier molecular flexibility index (Phi) is 3.71. The minimum atomic E-state index is 0.401. The van der Waals surface area contributed by atoms with Crippen LogP contribution in [0.15, 0.2) is 0 Å². The second-order valence-corrected chi connectivity index (χ2v) is 1.26. The summed E-state index contributed by atoms with van der Waals surface area (Å²) in [6.45, 7) is 0.662. The molecule has 1 nitrogen and oxygen atoms in total. The SMILES string of the molecule is O=BP=S. The Morgan fingerprint density at radius 2 is 2.25 bits per heavy atom. The molecule has 0 amide bonds. The molecule has 0 atom stereocenters. The molecule has 0 N–H and O–H groups in total. The predicted molar refractivity (Wildman–Crippen MR) is 20.7 cm³/mol. The molecule has 0 unspecified atom stereocenters. The van der Waals surface area contributed by atoms with Crippen LogP contribution in [0.3, 0.4) is 0 Å². The molecule has 0 aromatic carbocycles. The van der Waals surface area contributed by atoms with Gasteiger partial charge in [-0.1, -0.05) is 0 Å². The van der Waals surface area contributed by atoms with Gasteiger partial charge in [-0.2, -0.15) is 0 Å². The van der Waals surface area contributed by atoms with Gasteiger partial charge in [-0.05, 0) is 0 Å². The fourth-order valence-electron chi connectivity index (χ4n) is 0. The Labute approximate surface area is 31.4 Å². The molecule has 0 aromatic rings. The van der Waals surface area contributed by atoms with E-state index in [2.05, 4.69) is 11.8 Å². The summed E-state index contributed by atoms with van der Waals surface area (Å²) < 4.78 is 9.06. The zero-order valence-corrected chi connectivity index (χ0v) is 3.55. The Morgan fingerprint density at radius 3 is 2.25 bits per heavy atom. The van der Waals surface area contributed by atoms with Gasteiger partial charge in [0.25, 0.3) is 0 Å². The summed E-state index contributed by atoms with van der Waals surface area (Å²) in [5, 5.41) is 0. The molecule has 0 fully saturated rings. The first-order valence-corrected chi connectivity index (χ1v) is 2.65. The molecule has 0 saturated carbocycles. The third-order valence-electron chi connectivity index (χ3n) is 0.0430. The fourth-order valence-corrected chi connectivity index (χ4v) is 0. The molecule has 0 heterocycles. The van der Waals surface area contributed by atoms with E-state index in [0.29, 0.717) is 14.1 Å². The molecule has 0 bridgehead atoms. The van der Waals surface area contributed by atoms with Crippen molar-refractivity contribution in [2.75, 3.05) is 0 Å². The van der Waals surface area contributed by atoms with E-state index in [1.807, 2.05) is 0 Å². The maximum atomic E-state index is 9.06. The molecule has 0 aliphatic carbocycles. The molecule has 0 aliphatic heterocycles. The first-order chi connectivity index (χ1) is 1.91. The van der Waals surface area contributed by atoms with E-state index < -0.39 is 0 Å². The van der Waals surface area contributed by atoms with E-state index in [1.165, 1.54) is 0 Å². The first kappa shape index (κ1) is 4.38. The van der Waals surface area contributed by atoms with E-state index in [1.54, 1.807) is 0 Å². The third kappa shape index (κ3) is 2.38. The third-order valence-corrected chi connectivity index (χ3v) is 0.387. The quantitative estimate of drug-likeness (QED) is 0.341. The van der Waals surface area contributed by atoms with Crippen molar-refractivity contribution in [3.05, 3.63) is 0 Å². The molecule has 0 aromatic heterocycles. The van der Waals surface area contributed by atoms with E-state index >= 15 is 0 Å². The Morgan fingerprint density at radius 1 is 2.00 bits per heavy atom. The van der Waals surface area contributed by atoms with Gasteiger partial charge in [0.05, 0.1) is 0 Å². The van der Waals surface area contributed by atoms with Crippen LogP contribution in [-0.2, 0) is 16.5 Å². The van der Waals surface area contributed by atoms with Crippen LogP contribution in [0.4, 0.5) is 0 Å². The summed E-state index contributed by atoms with van der Waals surface area (Å²) in [6.07, 6.45) is 0. The second kappa shape index (κ2) is 3.38. The predicted octanol–water partition coefficient (Wildman–Crippen LogP) is 0.359. The van der Waals surface area contributed by atoms with Gasteiger partial charge in [0.1, 0.15) is 0 Å². The molecular formula is BOPS. The van der Waals surface area contributed by atoms with E-state index in [-0.39, 0.29) is 0 Å². The number of rotatable bonds is 1. The molecule has 0 saturated heterocycles. The number of hydrogen-bond donors (Lipinski definition) is 0. The fraction of sp³-hybridized carbons (Fsp3) is 0. The summed E-state index contributed by atoms with van der Waals surface area (Å²) in [6, 6.07) is 0. The van der Waals surface area contributed by atoms with Gasteiger partial charge in [-0.15, -0.1) is 0 Å². The van der Waals surface area contributed by atoms with Gasteiger partial charge >= 0.3 is 30.6 Å². The van der Waals surface area contributed by atoms with E-state index in [0.717, 1.165) is 0 Å². The van der Waals surface area contributed by atoms with Crippen molar-refractivity contribution in [3.8, 4) is 0 Å². The Balaban J connectivity index is 2.73. The Bertz CT molecular complexity index is 29.0. The van der Waals surface area contributed by atoms with Crippen LogP contribution in [-0.4, -0.2) is 6.87 Å². The van der Waals surface area contributed by atoms with Crippen molar-refractivity contribution >= 4 is 25.9 Å². The van der Waals surface area contributed by atoms with E-state index in [9.17, 15) is 0 Å². The molecular weight excluding hydrogens is 89.9 g/mol. The van der Waals surface area contributed by atoms with Crippen molar-refractivity contribution in [3.63, 3.8) is 0 Å². The van der Waals surface area contributed by atoms with Crippen LogP contribution in [0.2, 0.25) is 0 Å². The molecule has 0 rings (SSSR count). The second-order valence-electron chi connectivity index (χ2n) is 0.211. The summed E-state index contributed by atoms with van der Waals surface area (Å²) in [5.74, 6) is 0. The molecule has 20 valence electrons.